The van der Waals surface area contributed by atoms with E-state index in [-0.39, 0.29) is 12.3 Å². The standard InChI is InChI=1S/C21H24F3NO6S/c1-20(2,3)30-19(27)25(4)13-18(26)14-8-10-16(11-9-14)31-32(28,29)17-7-5-6-15(12-17)21(22,23)24/h5-12,18,26H,13H2,1-4H3. The highest BCUT2D eigenvalue weighted by atomic mass is 32.2. The number of nitrogens with zero attached hydrogens (tertiary/aromatic N) is 1. The van der Waals surface area contributed by atoms with Gasteiger partial charge in [-0.1, -0.05) is 18.2 Å². The van der Waals surface area contributed by atoms with Gasteiger partial charge < -0.3 is 18.9 Å². The first-order chi connectivity index (χ1) is 14.6. The molecule has 0 saturated heterocycles. The van der Waals surface area contributed by atoms with Gasteiger partial charge in [0.25, 0.3) is 0 Å². The van der Waals surface area contributed by atoms with Crippen LogP contribution in [0, 0.1) is 0 Å². The van der Waals surface area contributed by atoms with E-state index >= 15 is 0 Å². The zero-order chi connectivity index (χ0) is 24.3. The Hall–Kier alpha value is -2.79. The summed E-state index contributed by atoms with van der Waals surface area (Å²) < 4.78 is 73.3. The fourth-order valence-electron chi connectivity index (χ4n) is 2.53. The summed E-state index contributed by atoms with van der Waals surface area (Å²) >= 11 is 0. The molecule has 0 aliphatic heterocycles. The third-order valence-electron chi connectivity index (χ3n) is 4.07. The number of aliphatic hydroxyl groups excluding tert-OH is 1. The van der Waals surface area contributed by atoms with Crippen LogP contribution in [0.3, 0.4) is 0 Å². The second kappa shape index (κ2) is 9.37. The minimum absolute atomic E-state index is 0.0857. The summed E-state index contributed by atoms with van der Waals surface area (Å²) in [5.41, 5.74) is -1.45. The Morgan fingerprint density at radius 2 is 1.69 bits per heavy atom. The van der Waals surface area contributed by atoms with Crippen LogP contribution in [0.25, 0.3) is 0 Å². The monoisotopic (exact) mass is 475 g/mol. The van der Waals surface area contributed by atoms with Gasteiger partial charge in [-0.15, -0.1) is 0 Å². The van der Waals surface area contributed by atoms with Gasteiger partial charge in [-0.25, -0.2) is 4.79 Å². The molecule has 2 rings (SSSR count). The van der Waals surface area contributed by atoms with E-state index in [2.05, 4.69) is 0 Å². The van der Waals surface area contributed by atoms with Crippen LogP contribution >= 0.6 is 0 Å². The third-order valence-corrected chi connectivity index (χ3v) is 5.32. The number of likely N-dealkylation sites (N-methyl/N-ethyl adjacent to an activating group) is 1. The molecule has 1 amide bonds. The fraction of sp³-hybridized carbons (Fsp3) is 0.381. The highest BCUT2D eigenvalue weighted by molar-refractivity contribution is 7.87. The van der Waals surface area contributed by atoms with Crippen LogP contribution in [0.4, 0.5) is 18.0 Å². The summed E-state index contributed by atoms with van der Waals surface area (Å²) in [6.07, 6.45) is -6.42. The van der Waals surface area contributed by atoms with Gasteiger partial charge in [0, 0.05) is 7.05 Å². The van der Waals surface area contributed by atoms with E-state index in [1.54, 1.807) is 20.8 Å². The molecule has 1 atom stereocenters. The normalized spacial score (nSPS) is 13.4. The van der Waals surface area contributed by atoms with Crippen molar-refractivity contribution in [2.75, 3.05) is 13.6 Å². The van der Waals surface area contributed by atoms with E-state index < -0.39 is 44.6 Å². The van der Waals surface area contributed by atoms with Crippen LogP contribution in [-0.2, 0) is 21.0 Å². The smallest absolute Gasteiger partial charge is 0.416 e. The molecular weight excluding hydrogens is 451 g/mol. The molecule has 0 heterocycles. The summed E-state index contributed by atoms with van der Waals surface area (Å²) in [7, 11) is -3.05. The Bertz CT molecular complexity index is 1050. The number of carbonyl (C=O) groups excluding carboxylic acids is 1. The van der Waals surface area contributed by atoms with Crippen LogP contribution < -0.4 is 4.18 Å². The lowest BCUT2D eigenvalue weighted by Crippen LogP contribution is -2.36. The number of carbonyl (C=O) groups is 1. The topological polar surface area (TPSA) is 93.1 Å². The van der Waals surface area contributed by atoms with Crippen molar-refractivity contribution >= 4 is 16.2 Å². The first-order valence-electron chi connectivity index (χ1n) is 9.42. The zero-order valence-electron chi connectivity index (χ0n) is 17.9. The van der Waals surface area contributed by atoms with Crippen molar-refractivity contribution in [1.29, 1.82) is 0 Å². The van der Waals surface area contributed by atoms with Crippen molar-refractivity contribution in [3.05, 3.63) is 59.7 Å². The molecule has 0 bridgehead atoms. The van der Waals surface area contributed by atoms with E-state index in [9.17, 15) is 31.5 Å². The van der Waals surface area contributed by atoms with Gasteiger partial charge >= 0.3 is 22.4 Å². The van der Waals surface area contributed by atoms with Gasteiger partial charge in [-0.05, 0) is 56.7 Å². The molecule has 2 aromatic carbocycles. The number of hydrogen-bond donors (Lipinski definition) is 1. The molecule has 32 heavy (non-hydrogen) atoms. The first-order valence-corrected chi connectivity index (χ1v) is 10.8. The van der Waals surface area contributed by atoms with Gasteiger partial charge in [0.15, 0.2) is 0 Å². The van der Waals surface area contributed by atoms with Crippen molar-refractivity contribution in [2.24, 2.45) is 0 Å². The van der Waals surface area contributed by atoms with E-state index in [1.165, 1.54) is 36.2 Å². The van der Waals surface area contributed by atoms with E-state index in [1.807, 2.05) is 0 Å². The van der Waals surface area contributed by atoms with Gasteiger partial charge in [0.2, 0.25) is 0 Å². The number of ether oxygens (including phenoxy) is 1. The van der Waals surface area contributed by atoms with Crippen LogP contribution in [0.1, 0.15) is 38.0 Å². The fourth-order valence-corrected chi connectivity index (χ4v) is 3.50. The Morgan fingerprint density at radius 1 is 1.09 bits per heavy atom. The van der Waals surface area contributed by atoms with Crippen LogP contribution in [0.15, 0.2) is 53.4 Å². The molecule has 0 saturated carbocycles. The average Bonchev–Trinajstić information content (AvgIpc) is 2.66. The number of halogens is 3. The highest BCUT2D eigenvalue weighted by Gasteiger charge is 2.32. The van der Waals surface area contributed by atoms with Crippen LogP contribution in [0.2, 0.25) is 0 Å². The van der Waals surface area contributed by atoms with Crippen molar-refractivity contribution in [1.82, 2.24) is 4.90 Å². The molecule has 0 fully saturated rings. The first kappa shape index (κ1) is 25.5. The largest absolute Gasteiger partial charge is 0.444 e. The summed E-state index contributed by atoms with van der Waals surface area (Å²) in [6.45, 7) is 5.04. The molecular formula is C21H24F3NO6S. The summed E-state index contributed by atoms with van der Waals surface area (Å²) in [5, 5.41) is 10.3. The molecule has 0 aliphatic rings. The minimum atomic E-state index is -4.70. The lowest BCUT2D eigenvalue weighted by Gasteiger charge is -2.26. The third kappa shape index (κ3) is 7.13. The molecule has 11 heteroatoms. The molecule has 176 valence electrons. The van der Waals surface area contributed by atoms with Crippen LogP contribution in [-0.4, -0.2) is 43.7 Å². The number of benzene rings is 2. The summed E-state index contributed by atoms with van der Waals surface area (Å²) in [5.74, 6) is -0.154. The number of hydrogen-bond acceptors (Lipinski definition) is 6. The number of aliphatic hydroxyl groups is 1. The zero-order valence-corrected chi connectivity index (χ0v) is 18.7. The lowest BCUT2D eigenvalue weighted by molar-refractivity contribution is -0.137. The maximum Gasteiger partial charge on any atom is 0.416 e. The Morgan fingerprint density at radius 3 is 2.22 bits per heavy atom. The van der Waals surface area contributed by atoms with Crippen molar-refractivity contribution in [3.63, 3.8) is 0 Å². The molecule has 0 spiro atoms. The average molecular weight is 475 g/mol. The van der Waals surface area contributed by atoms with Crippen LogP contribution in [0.5, 0.6) is 5.75 Å². The second-order valence-electron chi connectivity index (χ2n) is 8.01. The highest BCUT2D eigenvalue weighted by Crippen LogP contribution is 2.31. The Balaban J connectivity index is 2.08. The van der Waals surface area contributed by atoms with Gasteiger partial charge in [0.05, 0.1) is 18.2 Å². The lowest BCUT2D eigenvalue weighted by atomic mass is 10.1. The predicted octanol–water partition coefficient (Wildman–Crippen LogP) is 4.37. The molecule has 7 nitrogen and oxygen atoms in total. The molecule has 1 N–H and O–H groups in total. The van der Waals surface area contributed by atoms with Crippen molar-refractivity contribution in [2.45, 2.75) is 43.5 Å². The molecule has 0 aliphatic carbocycles. The molecule has 2 aromatic rings. The van der Waals surface area contributed by atoms with Crippen molar-refractivity contribution in [3.8, 4) is 5.75 Å². The minimum Gasteiger partial charge on any atom is -0.444 e. The number of alkyl halides is 3. The maximum absolute atomic E-state index is 12.8. The molecule has 1 unspecified atom stereocenters. The van der Waals surface area contributed by atoms with E-state index in [4.69, 9.17) is 8.92 Å². The van der Waals surface area contributed by atoms with Crippen molar-refractivity contribution < 1.29 is 40.4 Å². The maximum atomic E-state index is 12.8. The van der Waals surface area contributed by atoms with Gasteiger partial charge in [-0.3, -0.25) is 0 Å². The van der Waals surface area contributed by atoms with E-state index in [0.717, 1.165) is 18.2 Å². The van der Waals surface area contributed by atoms with Gasteiger partial charge in [-0.2, -0.15) is 21.6 Å². The SMILES string of the molecule is CN(CC(O)c1ccc(OS(=O)(=O)c2cccc(C(F)(F)F)c2)cc1)C(=O)OC(C)(C)C. The molecule has 0 radical (unpaired) electrons. The Labute approximate surface area is 184 Å². The Kier molecular flexibility index (Phi) is 7.46. The summed E-state index contributed by atoms with van der Waals surface area (Å²) in [6, 6.07) is 8.46. The summed E-state index contributed by atoms with van der Waals surface area (Å²) in [4.78, 5) is 12.5. The number of rotatable bonds is 6. The van der Waals surface area contributed by atoms with E-state index in [0.29, 0.717) is 11.6 Å². The quantitative estimate of drug-likeness (QED) is 0.624. The number of amides is 1. The van der Waals surface area contributed by atoms with Gasteiger partial charge in [0.1, 0.15) is 16.2 Å². The second-order valence-corrected chi connectivity index (χ2v) is 9.56. The predicted molar refractivity (Wildman–Crippen MR) is 110 cm³/mol. The molecule has 0 aromatic heterocycles.